The first-order chi connectivity index (χ1) is 8.08. The molecule has 0 radical (unpaired) electrons. The van der Waals surface area contributed by atoms with Gasteiger partial charge < -0.3 is 20.6 Å². The minimum Gasteiger partial charge on any atom is -0.390 e. The molecule has 2 aliphatic heterocycles. The average Bonchev–Trinajstić information content (AvgIpc) is 2.50. The van der Waals surface area contributed by atoms with Crippen molar-refractivity contribution in [2.75, 3.05) is 32.7 Å². The Morgan fingerprint density at radius 3 is 2.88 bits per heavy atom. The third-order valence-corrected chi connectivity index (χ3v) is 3.71. The molecule has 2 unspecified atom stereocenters. The van der Waals surface area contributed by atoms with Gasteiger partial charge in [0.25, 0.3) is 0 Å². The Balaban J connectivity index is 1.90. The van der Waals surface area contributed by atoms with Crippen LogP contribution in [0.4, 0.5) is 0 Å². The number of piperazine rings is 1. The molecule has 2 fully saturated rings. The van der Waals surface area contributed by atoms with Crippen molar-refractivity contribution in [3.05, 3.63) is 0 Å². The van der Waals surface area contributed by atoms with Crippen molar-refractivity contribution in [1.29, 1.82) is 0 Å². The Kier molecular flexibility index (Phi) is 4.01. The maximum atomic E-state index is 12.3. The van der Waals surface area contributed by atoms with Gasteiger partial charge in [-0.05, 0) is 26.2 Å². The normalized spacial score (nSPS) is 35.4. The number of nitrogens with one attached hydrogen (secondary N) is 2. The number of hydrogen-bond acceptors (Lipinski definition) is 4. The summed E-state index contributed by atoms with van der Waals surface area (Å²) in [5.74, 6) is 0.176. The van der Waals surface area contributed by atoms with E-state index in [0.717, 1.165) is 32.5 Å². The smallest absolute Gasteiger partial charge is 0.241 e. The molecule has 5 heteroatoms. The maximum absolute atomic E-state index is 12.3. The van der Waals surface area contributed by atoms with E-state index in [4.69, 9.17) is 0 Å². The molecule has 98 valence electrons. The third kappa shape index (κ3) is 3.40. The average molecular weight is 241 g/mol. The van der Waals surface area contributed by atoms with Gasteiger partial charge in [-0.3, -0.25) is 4.79 Å². The van der Waals surface area contributed by atoms with Crippen LogP contribution in [0.1, 0.15) is 26.2 Å². The molecule has 2 saturated heterocycles. The minimum atomic E-state index is -0.604. The molecular weight excluding hydrogens is 218 g/mol. The SMILES string of the molecule is CC1(O)CCCN(C(=O)C2CNCCN2)CC1. The van der Waals surface area contributed by atoms with Crippen LogP contribution in [-0.4, -0.2) is 60.3 Å². The molecule has 0 bridgehead atoms. The fourth-order valence-corrected chi connectivity index (χ4v) is 2.53. The lowest BCUT2D eigenvalue weighted by Crippen LogP contribution is -2.56. The Morgan fingerprint density at radius 2 is 2.18 bits per heavy atom. The van der Waals surface area contributed by atoms with Gasteiger partial charge in [0.05, 0.1) is 11.6 Å². The van der Waals surface area contributed by atoms with Crippen LogP contribution in [0.25, 0.3) is 0 Å². The monoisotopic (exact) mass is 241 g/mol. The van der Waals surface area contributed by atoms with Crippen LogP contribution in [0, 0.1) is 0 Å². The fourth-order valence-electron chi connectivity index (χ4n) is 2.53. The molecule has 1 amide bonds. The molecule has 0 aromatic heterocycles. The molecule has 0 aromatic rings. The molecule has 0 spiro atoms. The van der Waals surface area contributed by atoms with Crippen molar-refractivity contribution in [1.82, 2.24) is 15.5 Å². The zero-order chi connectivity index (χ0) is 12.3. The summed E-state index contributed by atoms with van der Waals surface area (Å²) in [6, 6.07) is -0.0909. The van der Waals surface area contributed by atoms with E-state index in [-0.39, 0.29) is 11.9 Å². The van der Waals surface area contributed by atoms with Crippen molar-refractivity contribution >= 4 is 5.91 Å². The highest BCUT2D eigenvalue weighted by atomic mass is 16.3. The quantitative estimate of drug-likeness (QED) is 0.569. The zero-order valence-corrected chi connectivity index (χ0v) is 10.5. The van der Waals surface area contributed by atoms with Crippen LogP contribution < -0.4 is 10.6 Å². The number of likely N-dealkylation sites (tertiary alicyclic amines) is 1. The van der Waals surface area contributed by atoms with E-state index in [1.165, 1.54) is 0 Å². The van der Waals surface area contributed by atoms with Crippen LogP contribution in [0.15, 0.2) is 0 Å². The fraction of sp³-hybridized carbons (Fsp3) is 0.917. The zero-order valence-electron chi connectivity index (χ0n) is 10.5. The molecule has 2 rings (SSSR count). The lowest BCUT2D eigenvalue weighted by atomic mass is 9.98. The number of carbonyl (C=O) groups excluding carboxylic acids is 1. The first-order valence-electron chi connectivity index (χ1n) is 6.54. The van der Waals surface area contributed by atoms with Crippen LogP contribution in [0.3, 0.4) is 0 Å². The highest BCUT2D eigenvalue weighted by molar-refractivity contribution is 5.82. The maximum Gasteiger partial charge on any atom is 0.241 e. The van der Waals surface area contributed by atoms with Crippen LogP contribution in [0.2, 0.25) is 0 Å². The van der Waals surface area contributed by atoms with Gasteiger partial charge in [-0.1, -0.05) is 0 Å². The molecule has 2 aliphatic rings. The van der Waals surface area contributed by atoms with Crippen molar-refractivity contribution in [3.63, 3.8) is 0 Å². The van der Waals surface area contributed by atoms with Gasteiger partial charge in [0.15, 0.2) is 0 Å². The van der Waals surface area contributed by atoms with E-state index in [0.29, 0.717) is 19.5 Å². The lowest BCUT2D eigenvalue weighted by Gasteiger charge is -2.30. The van der Waals surface area contributed by atoms with Gasteiger partial charge in [0.1, 0.15) is 0 Å². The topological polar surface area (TPSA) is 64.6 Å². The second-order valence-corrected chi connectivity index (χ2v) is 5.39. The second-order valence-electron chi connectivity index (χ2n) is 5.39. The molecule has 0 saturated carbocycles. The number of aliphatic hydroxyl groups is 1. The number of nitrogens with zero attached hydrogens (tertiary/aromatic N) is 1. The molecule has 2 atom stereocenters. The standard InChI is InChI=1S/C12H23N3O2/c1-12(17)3-2-7-15(8-4-12)11(16)10-9-13-5-6-14-10/h10,13-14,17H,2-9H2,1H3. The second kappa shape index (κ2) is 5.33. The summed E-state index contributed by atoms with van der Waals surface area (Å²) in [6.45, 7) is 5.80. The Bertz CT molecular complexity index is 275. The largest absolute Gasteiger partial charge is 0.390 e. The highest BCUT2D eigenvalue weighted by Crippen LogP contribution is 2.21. The summed E-state index contributed by atoms with van der Waals surface area (Å²) in [7, 11) is 0. The van der Waals surface area contributed by atoms with Crippen LogP contribution >= 0.6 is 0 Å². The number of carbonyl (C=O) groups is 1. The summed E-state index contributed by atoms with van der Waals surface area (Å²) >= 11 is 0. The summed E-state index contributed by atoms with van der Waals surface area (Å²) in [5, 5.41) is 16.5. The molecule has 5 nitrogen and oxygen atoms in total. The third-order valence-electron chi connectivity index (χ3n) is 3.71. The van der Waals surface area contributed by atoms with E-state index in [1.54, 1.807) is 0 Å². The molecule has 0 aromatic carbocycles. The van der Waals surface area contributed by atoms with E-state index in [9.17, 15) is 9.90 Å². The van der Waals surface area contributed by atoms with Gasteiger partial charge in [0.2, 0.25) is 5.91 Å². The summed E-state index contributed by atoms with van der Waals surface area (Å²) in [5.41, 5.74) is -0.604. The first kappa shape index (κ1) is 12.8. The van der Waals surface area contributed by atoms with Gasteiger partial charge in [-0.2, -0.15) is 0 Å². The molecule has 0 aliphatic carbocycles. The van der Waals surface area contributed by atoms with Crippen molar-refractivity contribution < 1.29 is 9.90 Å². The predicted octanol–water partition coefficient (Wildman–Crippen LogP) is -0.689. The Labute approximate surface area is 103 Å². The van der Waals surface area contributed by atoms with Crippen molar-refractivity contribution in [3.8, 4) is 0 Å². The van der Waals surface area contributed by atoms with E-state index >= 15 is 0 Å². The number of hydrogen-bond donors (Lipinski definition) is 3. The molecule has 2 heterocycles. The number of rotatable bonds is 1. The van der Waals surface area contributed by atoms with Gasteiger partial charge in [0, 0.05) is 32.7 Å². The molecular formula is C12H23N3O2. The van der Waals surface area contributed by atoms with Crippen LogP contribution in [-0.2, 0) is 4.79 Å². The van der Waals surface area contributed by atoms with Gasteiger partial charge >= 0.3 is 0 Å². The first-order valence-corrected chi connectivity index (χ1v) is 6.54. The Morgan fingerprint density at radius 1 is 1.35 bits per heavy atom. The van der Waals surface area contributed by atoms with Crippen molar-refractivity contribution in [2.24, 2.45) is 0 Å². The predicted molar refractivity (Wildman–Crippen MR) is 65.7 cm³/mol. The van der Waals surface area contributed by atoms with E-state index < -0.39 is 5.60 Å². The van der Waals surface area contributed by atoms with Gasteiger partial charge in [-0.25, -0.2) is 0 Å². The van der Waals surface area contributed by atoms with E-state index in [1.807, 2.05) is 11.8 Å². The highest BCUT2D eigenvalue weighted by Gasteiger charge is 2.30. The summed E-state index contributed by atoms with van der Waals surface area (Å²) in [4.78, 5) is 14.2. The van der Waals surface area contributed by atoms with Crippen LogP contribution in [0.5, 0.6) is 0 Å². The lowest BCUT2D eigenvalue weighted by molar-refractivity contribution is -0.133. The van der Waals surface area contributed by atoms with Crippen molar-refractivity contribution in [2.45, 2.75) is 37.8 Å². The van der Waals surface area contributed by atoms with E-state index in [2.05, 4.69) is 10.6 Å². The summed E-state index contributed by atoms with van der Waals surface area (Å²) < 4.78 is 0. The van der Waals surface area contributed by atoms with Gasteiger partial charge in [-0.15, -0.1) is 0 Å². The molecule has 17 heavy (non-hydrogen) atoms. The Hall–Kier alpha value is -0.650. The molecule has 3 N–H and O–H groups in total. The summed E-state index contributed by atoms with van der Waals surface area (Å²) in [6.07, 6.45) is 2.35. The minimum absolute atomic E-state index is 0.0909. The number of amides is 1.